The van der Waals surface area contributed by atoms with Gasteiger partial charge in [-0.3, -0.25) is 14.5 Å². The molecule has 1 amide bonds. The van der Waals surface area contributed by atoms with Gasteiger partial charge in [0.1, 0.15) is 11.8 Å². The zero-order valence-corrected chi connectivity index (χ0v) is 20.4. The Labute approximate surface area is 212 Å². The van der Waals surface area contributed by atoms with E-state index in [0.29, 0.717) is 10.4 Å². The van der Waals surface area contributed by atoms with Gasteiger partial charge in [0, 0.05) is 16.1 Å². The molecular weight excluding hydrogens is 526 g/mol. The number of methoxy groups -OCH3 is 1. The lowest BCUT2D eigenvalue weighted by molar-refractivity contribution is -0.137. The zero-order chi connectivity index (χ0) is 25.7. The average Bonchev–Trinajstić information content (AvgIpc) is 3.33. The number of aliphatic hydroxyl groups excluding tert-OH is 1. The van der Waals surface area contributed by atoms with Crippen molar-refractivity contribution in [3.8, 4) is 5.75 Å². The summed E-state index contributed by atoms with van der Waals surface area (Å²) in [6.45, 7) is 1.74. The Morgan fingerprint density at radius 1 is 1.11 bits per heavy atom. The zero-order valence-electron chi connectivity index (χ0n) is 18.1. The van der Waals surface area contributed by atoms with Crippen molar-refractivity contribution in [2.24, 2.45) is 0 Å². The molecule has 0 aliphatic carbocycles. The summed E-state index contributed by atoms with van der Waals surface area (Å²) in [6, 6.07) is 7.33. The minimum atomic E-state index is -4.66. The fourth-order valence-electron chi connectivity index (χ4n) is 3.89. The first kappa shape index (κ1) is 25.1. The molecule has 35 heavy (non-hydrogen) atoms. The molecule has 182 valence electrons. The van der Waals surface area contributed by atoms with E-state index in [1.54, 1.807) is 18.4 Å². The second kappa shape index (κ2) is 9.22. The third-order valence-corrected chi connectivity index (χ3v) is 7.15. The van der Waals surface area contributed by atoms with E-state index in [0.717, 1.165) is 23.1 Å². The molecule has 1 fully saturated rings. The standard InChI is InChI=1S/C24H16Cl2F3NO4S/c1-11-6-7-35-22(11)18-17(19(31)12-8-15(25)21(34-2)16(26)9-12)20(32)23(33)30(18)14-5-3-4-13(10-14)24(27,28)29/h3-10,18,31H,1-2H3/b19-17-. The number of anilines is 1. The van der Waals surface area contributed by atoms with Crippen LogP contribution in [0.15, 0.2) is 53.4 Å². The summed E-state index contributed by atoms with van der Waals surface area (Å²) in [5.74, 6) is -2.54. The van der Waals surface area contributed by atoms with Crippen molar-refractivity contribution >= 4 is 57.7 Å². The van der Waals surface area contributed by atoms with Gasteiger partial charge in [-0.1, -0.05) is 29.3 Å². The lowest BCUT2D eigenvalue weighted by Crippen LogP contribution is -2.29. The summed E-state index contributed by atoms with van der Waals surface area (Å²) in [4.78, 5) is 27.8. The molecule has 1 aliphatic rings. The summed E-state index contributed by atoms with van der Waals surface area (Å²) in [5.41, 5.74) is -0.676. The highest BCUT2D eigenvalue weighted by Crippen LogP contribution is 2.46. The molecule has 1 unspecified atom stereocenters. The van der Waals surface area contributed by atoms with E-state index >= 15 is 0 Å². The average molecular weight is 542 g/mol. The van der Waals surface area contributed by atoms with E-state index in [1.807, 2.05) is 0 Å². The highest BCUT2D eigenvalue weighted by atomic mass is 35.5. The van der Waals surface area contributed by atoms with Gasteiger partial charge in [0.25, 0.3) is 11.7 Å². The van der Waals surface area contributed by atoms with Crippen LogP contribution in [-0.2, 0) is 15.8 Å². The maximum atomic E-state index is 13.4. The summed E-state index contributed by atoms with van der Waals surface area (Å²) in [6.07, 6.45) is -4.66. The van der Waals surface area contributed by atoms with Gasteiger partial charge >= 0.3 is 6.18 Å². The number of alkyl halides is 3. The molecule has 5 nitrogen and oxygen atoms in total. The molecular formula is C24H16Cl2F3NO4S. The molecule has 1 saturated heterocycles. The number of benzene rings is 2. The molecule has 4 rings (SSSR count). The fourth-order valence-corrected chi connectivity index (χ4v) is 5.56. The molecule has 11 heteroatoms. The number of hydrogen-bond donors (Lipinski definition) is 1. The normalized spacial score (nSPS) is 17.8. The number of nitrogens with zero attached hydrogens (tertiary/aromatic N) is 1. The predicted octanol–water partition coefficient (Wildman–Crippen LogP) is 7.02. The molecule has 1 aromatic heterocycles. The number of amides is 1. The lowest BCUT2D eigenvalue weighted by Gasteiger charge is -2.25. The van der Waals surface area contributed by atoms with Crippen LogP contribution in [0.25, 0.3) is 5.76 Å². The number of carbonyl (C=O) groups is 2. The number of aryl methyl sites for hydroxylation is 1. The van der Waals surface area contributed by atoms with Crippen LogP contribution in [0.1, 0.15) is 27.6 Å². The Morgan fingerprint density at radius 3 is 2.31 bits per heavy atom. The van der Waals surface area contributed by atoms with Crippen molar-refractivity contribution in [2.45, 2.75) is 19.1 Å². The van der Waals surface area contributed by atoms with Gasteiger partial charge in [-0.05, 0) is 54.3 Å². The first-order valence-corrected chi connectivity index (χ1v) is 11.6. The summed E-state index contributed by atoms with van der Waals surface area (Å²) in [5, 5.41) is 13.0. The van der Waals surface area contributed by atoms with Crippen LogP contribution < -0.4 is 9.64 Å². The Bertz CT molecular complexity index is 1360. The van der Waals surface area contributed by atoms with E-state index in [9.17, 15) is 27.9 Å². The molecule has 0 saturated carbocycles. The Morgan fingerprint density at radius 2 is 1.77 bits per heavy atom. The molecule has 0 spiro atoms. The first-order valence-electron chi connectivity index (χ1n) is 10.0. The molecule has 1 N–H and O–H groups in total. The number of Topliss-reactive ketones (excluding diaryl/α,β-unsaturated/α-hetero) is 1. The summed E-state index contributed by atoms with van der Waals surface area (Å²) >= 11 is 13.6. The molecule has 2 heterocycles. The summed E-state index contributed by atoms with van der Waals surface area (Å²) < 4.78 is 45.2. The largest absolute Gasteiger partial charge is 0.507 e. The Hall–Kier alpha value is -3.01. The number of carbonyl (C=O) groups excluding carboxylic acids is 2. The van der Waals surface area contributed by atoms with Crippen molar-refractivity contribution in [1.82, 2.24) is 0 Å². The number of aliphatic hydroxyl groups is 1. The van der Waals surface area contributed by atoms with Crippen molar-refractivity contribution in [3.05, 3.63) is 85.0 Å². The van der Waals surface area contributed by atoms with E-state index in [2.05, 4.69) is 0 Å². The van der Waals surface area contributed by atoms with Crippen molar-refractivity contribution in [3.63, 3.8) is 0 Å². The summed E-state index contributed by atoms with van der Waals surface area (Å²) in [7, 11) is 1.35. The maximum Gasteiger partial charge on any atom is 0.416 e. The topological polar surface area (TPSA) is 66.8 Å². The van der Waals surface area contributed by atoms with Crippen LogP contribution >= 0.6 is 34.5 Å². The van der Waals surface area contributed by atoms with E-state index < -0.39 is 35.2 Å². The number of ketones is 1. The monoisotopic (exact) mass is 541 g/mol. The second-order valence-corrected chi connectivity index (χ2v) is 9.42. The SMILES string of the molecule is COc1c(Cl)cc(/C(O)=C2/C(=O)C(=O)N(c3cccc(C(F)(F)F)c3)C2c2sccc2C)cc1Cl. The number of thiophene rings is 1. The molecule has 2 aromatic carbocycles. The predicted molar refractivity (Wildman–Crippen MR) is 128 cm³/mol. The van der Waals surface area contributed by atoms with Gasteiger partial charge in [0.15, 0.2) is 5.75 Å². The van der Waals surface area contributed by atoms with Crippen LogP contribution in [0.4, 0.5) is 18.9 Å². The van der Waals surface area contributed by atoms with Crippen LogP contribution in [0, 0.1) is 6.92 Å². The third kappa shape index (κ3) is 4.39. The van der Waals surface area contributed by atoms with Crippen LogP contribution in [0.2, 0.25) is 10.0 Å². The van der Waals surface area contributed by atoms with Crippen molar-refractivity contribution in [1.29, 1.82) is 0 Å². The van der Waals surface area contributed by atoms with Crippen molar-refractivity contribution in [2.75, 3.05) is 12.0 Å². The van der Waals surface area contributed by atoms with Gasteiger partial charge in [-0.25, -0.2) is 0 Å². The van der Waals surface area contributed by atoms with E-state index in [-0.39, 0.29) is 32.6 Å². The Balaban J connectivity index is 1.96. The minimum Gasteiger partial charge on any atom is -0.507 e. The van der Waals surface area contributed by atoms with Crippen LogP contribution in [0.5, 0.6) is 5.75 Å². The number of halogens is 5. The smallest absolute Gasteiger partial charge is 0.416 e. The maximum absolute atomic E-state index is 13.4. The van der Waals surface area contributed by atoms with Crippen LogP contribution in [0.3, 0.4) is 0 Å². The first-order chi connectivity index (χ1) is 16.5. The van der Waals surface area contributed by atoms with Crippen LogP contribution in [-0.4, -0.2) is 23.9 Å². The van der Waals surface area contributed by atoms with Gasteiger partial charge in [-0.2, -0.15) is 13.2 Å². The minimum absolute atomic E-state index is 0.0436. The molecule has 1 aliphatic heterocycles. The molecule has 1 atom stereocenters. The molecule has 0 radical (unpaired) electrons. The second-order valence-electron chi connectivity index (χ2n) is 7.66. The third-order valence-electron chi connectivity index (χ3n) is 5.52. The number of ether oxygens (including phenoxy) is 1. The quantitative estimate of drug-likeness (QED) is 0.219. The van der Waals surface area contributed by atoms with E-state index in [1.165, 1.54) is 36.6 Å². The fraction of sp³-hybridized carbons (Fsp3) is 0.167. The molecule has 0 bridgehead atoms. The highest BCUT2D eigenvalue weighted by Gasteiger charge is 2.48. The Kier molecular flexibility index (Phi) is 6.61. The van der Waals surface area contributed by atoms with Gasteiger partial charge in [0.2, 0.25) is 0 Å². The number of hydrogen-bond acceptors (Lipinski definition) is 5. The number of rotatable bonds is 4. The molecule has 3 aromatic rings. The van der Waals surface area contributed by atoms with Crippen molar-refractivity contribution < 1.29 is 32.6 Å². The van der Waals surface area contributed by atoms with E-state index in [4.69, 9.17) is 27.9 Å². The lowest BCUT2D eigenvalue weighted by atomic mass is 9.98. The van der Waals surface area contributed by atoms with Gasteiger partial charge < -0.3 is 9.84 Å². The van der Waals surface area contributed by atoms with Gasteiger partial charge in [-0.15, -0.1) is 11.3 Å². The van der Waals surface area contributed by atoms with Gasteiger partial charge in [0.05, 0.1) is 28.3 Å². The highest BCUT2D eigenvalue weighted by molar-refractivity contribution is 7.10.